The quantitative estimate of drug-likeness (QED) is 0.821. The molecule has 0 aliphatic carbocycles. The second kappa shape index (κ2) is 7.88. The summed E-state index contributed by atoms with van der Waals surface area (Å²) in [5.41, 5.74) is 0.870. The lowest BCUT2D eigenvalue weighted by atomic mass is 10.1. The van der Waals surface area contributed by atoms with E-state index >= 15 is 0 Å². The van der Waals surface area contributed by atoms with Crippen LogP contribution in [0.1, 0.15) is 17.3 Å². The molecule has 0 fully saturated rings. The number of imide groups is 1. The van der Waals surface area contributed by atoms with E-state index in [0.717, 1.165) is 0 Å². The first kappa shape index (κ1) is 16.5. The molecular weight excluding hydrogens is 276 g/mol. The number of para-hydroxylation sites is 1. The highest BCUT2D eigenvalue weighted by molar-refractivity contribution is 5.98. The van der Waals surface area contributed by atoms with E-state index in [9.17, 15) is 14.4 Å². The summed E-state index contributed by atoms with van der Waals surface area (Å²) >= 11 is 0. The number of benzene rings is 1. The van der Waals surface area contributed by atoms with Crippen LogP contribution in [0.5, 0.6) is 0 Å². The highest BCUT2D eigenvalue weighted by Crippen LogP contribution is 2.19. The van der Waals surface area contributed by atoms with Gasteiger partial charge in [-0.15, -0.1) is 0 Å². The fourth-order valence-electron chi connectivity index (χ4n) is 1.71. The lowest BCUT2D eigenvalue weighted by Gasteiger charge is -2.20. The van der Waals surface area contributed by atoms with Crippen LogP contribution in [0.3, 0.4) is 0 Å². The molecule has 0 bridgehead atoms. The molecule has 0 radical (unpaired) electrons. The third-order valence-corrected chi connectivity index (χ3v) is 2.62. The number of rotatable bonds is 5. The summed E-state index contributed by atoms with van der Waals surface area (Å²) in [6, 6.07) is 6.72. The number of nitrogens with one attached hydrogen (secondary N) is 1. The standard InChI is InChI=1S/C14H18N2O5/c1-4-21-14(19)15-12(17)9-16(2)11-8-6-5-7-10(11)13(18)20-3/h5-8H,4,9H2,1-3H3,(H,15,17,19). The number of hydrogen-bond acceptors (Lipinski definition) is 6. The van der Waals surface area contributed by atoms with Crippen molar-refractivity contribution in [2.75, 3.05) is 32.2 Å². The molecule has 2 amide bonds. The average molecular weight is 294 g/mol. The van der Waals surface area contributed by atoms with Gasteiger partial charge in [-0.1, -0.05) is 12.1 Å². The van der Waals surface area contributed by atoms with Crippen molar-refractivity contribution in [3.8, 4) is 0 Å². The molecule has 21 heavy (non-hydrogen) atoms. The van der Waals surface area contributed by atoms with Crippen LogP contribution < -0.4 is 10.2 Å². The molecule has 1 N–H and O–H groups in total. The molecule has 1 aromatic carbocycles. The molecule has 114 valence electrons. The Bertz CT molecular complexity index is 530. The maximum atomic E-state index is 11.7. The van der Waals surface area contributed by atoms with Gasteiger partial charge in [0.1, 0.15) is 0 Å². The molecule has 7 heteroatoms. The number of likely N-dealkylation sites (N-methyl/N-ethyl adjacent to an activating group) is 1. The lowest BCUT2D eigenvalue weighted by molar-refractivity contribution is -0.119. The molecule has 1 aromatic rings. The number of esters is 1. The number of carbonyl (C=O) groups excluding carboxylic acids is 3. The van der Waals surface area contributed by atoms with Crippen molar-refractivity contribution >= 4 is 23.7 Å². The smallest absolute Gasteiger partial charge is 0.413 e. The van der Waals surface area contributed by atoms with Crippen LogP contribution in [0.25, 0.3) is 0 Å². The first-order chi connectivity index (χ1) is 9.99. The van der Waals surface area contributed by atoms with Gasteiger partial charge in [0.15, 0.2) is 0 Å². The number of hydrogen-bond donors (Lipinski definition) is 1. The molecule has 0 aliphatic heterocycles. The largest absolute Gasteiger partial charge is 0.465 e. The molecule has 0 saturated heterocycles. The Balaban J connectivity index is 2.76. The van der Waals surface area contributed by atoms with Crippen LogP contribution in [-0.4, -0.2) is 45.3 Å². The van der Waals surface area contributed by atoms with Gasteiger partial charge in [0, 0.05) is 7.05 Å². The molecule has 7 nitrogen and oxygen atoms in total. The summed E-state index contributed by atoms with van der Waals surface area (Å²) in [5, 5.41) is 2.09. The minimum Gasteiger partial charge on any atom is -0.465 e. The highest BCUT2D eigenvalue weighted by Gasteiger charge is 2.17. The van der Waals surface area contributed by atoms with Gasteiger partial charge in [0.25, 0.3) is 0 Å². The van der Waals surface area contributed by atoms with Gasteiger partial charge in [0.2, 0.25) is 5.91 Å². The van der Waals surface area contributed by atoms with Gasteiger partial charge in [-0.2, -0.15) is 0 Å². The normalized spacial score (nSPS) is 9.67. The maximum absolute atomic E-state index is 11.7. The fourth-order valence-corrected chi connectivity index (χ4v) is 1.71. The Kier molecular flexibility index (Phi) is 6.19. The zero-order valence-electron chi connectivity index (χ0n) is 12.2. The molecule has 0 aromatic heterocycles. The predicted octanol–water partition coefficient (Wildman–Crippen LogP) is 1.18. The predicted molar refractivity (Wildman–Crippen MR) is 76.2 cm³/mol. The fraction of sp³-hybridized carbons (Fsp3) is 0.357. The Morgan fingerprint density at radius 2 is 1.90 bits per heavy atom. The van der Waals surface area contributed by atoms with Crippen LogP contribution in [0, 0.1) is 0 Å². The number of ether oxygens (including phenoxy) is 2. The Morgan fingerprint density at radius 1 is 1.24 bits per heavy atom. The summed E-state index contributed by atoms with van der Waals surface area (Å²) < 4.78 is 9.30. The zero-order chi connectivity index (χ0) is 15.8. The van der Waals surface area contributed by atoms with Crippen molar-refractivity contribution in [1.82, 2.24) is 5.32 Å². The number of alkyl carbamates (subject to hydrolysis) is 1. The van der Waals surface area contributed by atoms with Crippen LogP contribution >= 0.6 is 0 Å². The summed E-state index contributed by atoms with van der Waals surface area (Å²) in [7, 11) is 2.92. The minimum atomic E-state index is -0.794. The minimum absolute atomic E-state index is 0.104. The number of nitrogens with zero attached hydrogens (tertiary/aromatic N) is 1. The van der Waals surface area contributed by atoms with E-state index in [0.29, 0.717) is 11.3 Å². The van der Waals surface area contributed by atoms with Crippen LogP contribution in [0.15, 0.2) is 24.3 Å². The number of anilines is 1. The van der Waals surface area contributed by atoms with Crippen molar-refractivity contribution in [3.05, 3.63) is 29.8 Å². The zero-order valence-corrected chi connectivity index (χ0v) is 12.2. The summed E-state index contributed by atoms with van der Waals surface area (Å²) in [6.07, 6.45) is -0.794. The molecule has 0 heterocycles. The van der Waals surface area contributed by atoms with E-state index in [1.165, 1.54) is 7.11 Å². The highest BCUT2D eigenvalue weighted by atomic mass is 16.5. The van der Waals surface area contributed by atoms with Crippen molar-refractivity contribution in [2.45, 2.75) is 6.92 Å². The molecule has 0 spiro atoms. The summed E-state index contributed by atoms with van der Waals surface area (Å²) in [5.74, 6) is -1.03. The van der Waals surface area contributed by atoms with Crippen molar-refractivity contribution in [2.24, 2.45) is 0 Å². The van der Waals surface area contributed by atoms with E-state index in [1.54, 1.807) is 43.1 Å². The van der Waals surface area contributed by atoms with Crippen LogP contribution in [0.4, 0.5) is 10.5 Å². The van der Waals surface area contributed by atoms with Crippen LogP contribution in [0.2, 0.25) is 0 Å². The SMILES string of the molecule is CCOC(=O)NC(=O)CN(C)c1ccccc1C(=O)OC. The van der Waals surface area contributed by atoms with Gasteiger partial charge < -0.3 is 14.4 Å². The van der Waals surface area contributed by atoms with Crippen LogP contribution in [-0.2, 0) is 14.3 Å². The first-order valence-corrected chi connectivity index (χ1v) is 6.34. The van der Waals surface area contributed by atoms with Gasteiger partial charge in [-0.25, -0.2) is 9.59 Å². The Hall–Kier alpha value is -2.57. The molecule has 0 unspecified atom stereocenters. The number of methoxy groups -OCH3 is 1. The maximum Gasteiger partial charge on any atom is 0.413 e. The number of amides is 2. The molecule has 0 atom stereocenters. The van der Waals surface area contributed by atoms with E-state index in [4.69, 9.17) is 0 Å². The van der Waals surface area contributed by atoms with Crippen molar-refractivity contribution < 1.29 is 23.9 Å². The van der Waals surface area contributed by atoms with Gasteiger partial charge in [-0.05, 0) is 19.1 Å². The first-order valence-electron chi connectivity index (χ1n) is 6.34. The van der Waals surface area contributed by atoms with Gasteiger partial charge in [0.05, 0.1) is 31.5 Å². The molecule has 1 rings (SSSR count). The van der Waals surface area contributed by atoms with Crippen molar-refractivity contribution in [3.63, 3.8) is 0 Å². The monoisotopic (exact) mass is 294 g/mol. The van der Waals surface area contributed by atoms with E-state index in [2.05, 4.69) is 14.8 Å². The molecule has 0 aliphatic rings. The Morgan fingerprint density at radius 3 is 2.52 bits per heavy atom. The Labute approximate surface area is 122 Å². The molecule has 0 saturated carbocycles. The second-order valence-electron chi connectivity index (χ2n) is 4.13. The molecular formula is C14H18N2O5. The van der Waals surface area contributed by atoms with E-state index in [-0.39, 0.29) is 13.2 Å². The summed E-state index contributed by atoms with van der Waals surface area (Å²) in [4.78, 5) is 36.0. The second-order valence-corrected chi connectivity index (χ2v) is 4.13. The topological polar surface area (TPSA) is 84.9 Å². The summed E-state index contributed by atoms with van der Waals surface area (Å²) in [6.45, 7) is 1.72. The third-order valence-electron chi connectivity index (χ3n) is 2.62. The van der Waals surface area contributed by atoms with Gasteiger partial charge >= 0.3 is 12.1 Å². The lowest BCUT2D eigenvalue weighted by Crippen LogP contribution is -2.39. The van der Waals surface area contributed by atoms with E-state index in [1.807, 2.05) is 0 Å². The average Bonchev–Trinajstić information content (AvgIpc) is 2.46. The van der Waals surface area contributed by atoms with Crippen molar-refractivity contribution in [1.29, 1.82) is 0 Å². The van der Waals surface area contributed by atoms with Gasteiger partial charge in [-0.3, -0.25) is 10.1 Å². The van der Waals surface area contributed by atoms with E-state index < -0.39 is 18.0 Å². The third kappa shape index (κ3) is 4.79. The number of carbonyl (C=O) groups is 3.